The van der Waals surface area contributed by atoms with E-state index in [2.05, 4.69) is 43.1 Å². The van der Waals surface area contributed by atoms with Gasteiger partial charge in [-0.05, 0) is 51.5 Å². The highest BCUT2D eigenvalue weighted by Gasteiger charge is 2.23. The van der Waals surface area contributed by atoms with Crippen molar-refractivity contribution >= 4 is 0 Å². The summed E-state index contributed by atoms with van der Waals surface area (Å²) in [5.74, 6) is 0.790. The first kappa shape index (κ1) is 14.1. The van der Waals surface area contributed by atoms with Gasteiger partial charge in [-0.3, -0.25) is 4.90 Å². The molecule has 2 rings (SSSR count). The zero-order chi connectivity index (χ0) is 13.8. The molecule has 1 aliphatic heterocycles. The smallest absolute Gasteiger partial charge is 0.120 e. The molecule has 19 heavy (non-hydrogen) atoms. The van der Waals surface area contributed by atoms with Crippen LogP contribution in [0.2, 0.25) is 0 Å². The second-order valence-electron chi connectivity index (χ2n) is 5.78. The normalized spacial score (nSPS) is 20.1. The van der Waals surface area contributed by atoms with E-state index < -0.39 is 0 Å². The van der Waals surface area contributed by atoms with Crippen LogP contribution in [0.5, 0.6) is 0 Å². The highest BCUT2D eigenvalue weighted by atomic mass is 15.2. The van der Waals surface area contributed by atoms with Gasteiger partial charge in [0.05, 0.1) is 0 Å². The molecular weight excluding hydrogens is 236 g/mol. The van der Waals surface area contributed by atoms with Crippen molar-refractivity contribution in [3.63, 3.8) is 0 Å². The van der Waals surface area contributed by atoms with E-state index in [0.717, 1.165) is 24.7 Å². The maximum Gasteiger partial charge on any atom is 0.120 e. The van der Waals surface area contributed by atoms with Crippen molar-refractivity contribution in [3.8, 4) is 6.07 Å². The molecule has 0 aliphatic carbocycles. The second kappa shape index (κ2) is 6.23. The van der Waals surface area contributed by atoms with Crippen molar-refractivity contribution in [1.29, 1.82) is 5.26 Å². The molecule has 0 spiro atoms. The summed E-state index contributed by atoms with van der Waals surface area (Å²) < 4.78 is 2.03. The van der Waals surface area contributed by atoms with Crippen LogP contribution in [-0.2, 0) is 13.1 Å². The summed E-state index contributed by atoms with van der Waals surface area (Å²) in [5.41, 5.74) is 2.05. The van der Waals surface area contributed by atoms with Crippen molar-refractivity contribution in [1.82, 2.24) is 14.4 Å². The number of nitrogens with zero attached hydrogens (tertiary/aromatic N) is 4. The van der Waals surface area contributed by atoms with Crippen molar-refractivity contribution in [2.24, 2.45) is 5.92 Å². The van der Waals surface area contributed by atoms with Crippen LogP contribution in [0.15, 0.2) is 12.3 Å². The quantitative estimate of drug-likeness (QED) is 0.809. The zero-order valence-corrected chi connectivity index (χ0v) is 12.3. The molecule has 1 saturated heterocycles. The predicted octanol–water partition coefficient (Wildman–Crippen LogP) is 1.76. The van der Waals surface area contributed by atoms with Crippen LogP contribution in [0, 0.1) is 17.2 Å². The van der Waals surface area contributed by atoms with Crippen molar-refractivity contribution in [2.75, 3.05) is 33.7 Å². The number of aromatic nitrogens is 1. The SMILES string of the molecule is CCn1cc(CN2CC[C@@H](CN(C)C)C2)cc1C#N. The number of rotatable bonds is 5. The summed E-state index contributed by atoms with van der Waals surface area (Å²) >= 11 is 0. The maximum absolute atomic E-state index is 9.07. The van der Waals surface area contributed by atoms with Gasteiger partial charge >= 0.3 is 0 Å². The van der Waals surface area contributed by atoms with Gasteiger partial charge in [-0.25, -0.2) is 0 Å². The lowest BCUT2D eigenvalue weighted by molar-refractivity contribution is 0.286. The zero-order valence-electron chi connectivity index (χ0n) is 12.3. The Morgan fingerprint density at radius 1 is 1.47 bits per heavy atom. The third-order valence-corrected chi connectivity index (χ3v) is 3.81. The lowest BCUT2D eigenvalue weighted by Gasteiger charge is -2.17. The van der Waals surface area contributed by atoms with Gasteiger partial charge in [-0.1, -0.05) is 0 Å². The fraction of sp³-hybridized carbons (Fsp3) is 0.667. The number of aryl methyl sites for hydroxylation is 1. The van der Waals surface area contributed by atoms with E-state index >= 15 is 0 Å². The van der Waals surface area contributed by atoms with E-state index in [9.17, 15) is 0 Å². The Hall–Kier alpha value is -1.31. The fourth-order valence-corrected chi connectivity index (χ4v) is 2.99. The van der Waals surface area contributed by atoms with Gasteiger partial charge in [0.25, 0.3) is 0 Å². The average molecular weight is 260 g/mol. The van der Waals surface area contributed by atoms with Gasteiger partial charge in [0, 0.05) is 32.4 Å². The summed E-state index contributed by atoms with van der Waals surface area (Å²) in [7, 11) is 4.28. The molecule has 1 aromatic rings. The molecule has 1 aromatic heterocycles. The standard InChI is InChI=1S/C15H24N4/c1-4-19-12-14(7-15(19)8-16)11-18-6-5-13(10-18)9-17(2)3/h7,12-13H,4-6,9-11H2,1-3H3/t13-/m0/s1. The molecular formula is C15H24N4. The maximum atomic E-state index is 9.07. The molecule has 0 amide bonds. The monoisotopic (exact) mass is 260 g/mol. The summed E-state index contributed by atoms with van der Waals surface area (Å²) in [6, 6.07) is 4.29. The number of hydrogen-bond acceptors (Lipinski definition) is 3. The summed E-state index contributed by atoms with van der Waals surface area (Å²) in [6.45, 7) is 7.45. The van der Waals surface area contributed by atoms with Crippen LogP contribution < -0.4 is 0 Å². The van der Waals surface area contributed by atoms with Crippen LogP contribution in [0.1, 0.15) is 24.6 Å². The fourth-order valence-electron chi connectivity index (χ4n) is 2.99. The largest absolute Gasteiger partial charge is 0.339 e. The van der Waals surface area contributed by atoms with Gasteiger partial charge in [-0.15, -0.1) is 0 Å². The predicted molar refractivity (Wildman–Crippen MR) is 76.8 cm³/mol. The minimum atomic E-state index is 0.779. The van der Waals surface area contributed by atoms with E-state index in [4.69, 9.17) is 5.26 Å². The molecule has 0 saturated carbocycles. The molecule has 4 nitrogen and oxygen atoms in total. The number of hydrogen-bond donors (Lipinski definition) is 0. The van der Waals surface area contributed by atoms with Crippen molar-refractivity contribution < 1.29 is 0 Å². The first-order valence-electron chi connectivity index (χ1n) is 7.08. The molecule has 0 N–H and O–H groups in total. The van der Waals surface area contributed by atoms with Gasteiger partial charge < -0.3 is 9.47 Å². The Kier molecular flexibility index (Phi) is 4.62. The van der Waals surface area contributed by atoms with E-state index in [1.54, 1.807) is 0 Å². The lowest BCUT2D eigenvalue weighted by atomic mass is 10.1. The third-order valence-electron chi connectivity index (χ3n) is 3.81. The molecule has 1 aliphatic rings. The Morgan fingerprint density at radius 2 is 2.26 bits per heavy atom. The topological polar surface area (TPSA) is 35.2 Å². The first-order valence-corrected chi connectivity index (χ1v) is 7.08. The van der Waals surface area contributed by atoms with Gasteiger partial charge in [0.15, 0.2) is 0 Å². The molecule has 0 bridgehead atoms. The molecule has 0 aromatic carbocycles. The van der Waals surface area contributed by atoms with Crippen LogP contribution in [0.4, 0.5) is 0 Å². The van der Waals surface area contributed by atoms with Crippen LogP contribution in [0.3, 0.4) is 0 Å². The number of nitriles is 1. The van der Waals surface area contributed by atoms with Crippen LogP contribution >= 0.6 is 0 Å². The molecule has 4 heteroatoms. The number of likely N-dealkylation sites (tertiary alicyclic amines) is 1. The minimum absolute atomic E-state index is 0.779. The third kappa shape index (κ3) is 3.59. The summed E-state index contributed by atoms with van der Waals surface area (Å²) in [6.07, 6.45) is 3.41. The Morgan fingerprint density at radius 3 is 2.84 bits per heavy atom. The molecule has 1 fully saturated rings. The van der Waals surface area contributed by atoms with Gasteiger partial charge in [-0.2, -0.15) is 5.26 Å². The van der Waals surface area contributed by atoms with Crippen LogP contribution in [-0.4, -0.2) is 48.1 Å². The Balaban J connectivity index is 1.92. The van der Waals surface area contributed by atoms with Crippen LogP contribution in [0.25, 0.3) is 0 Å². The summed E-state index contributed by atoms with van der Waals surface area (Å²) in [4.78, 5) is 4.78. The molecule has 0 unspecified atom stereocenters. The van der Waals surface area contributed by atoms with Crippen molar-refractivity contribution in [3.05, 3.63) is 23.5 Å². The highest BCUT2D eigenvalue weighted by Crippen LogP contribution is 2.20. The molecule has 104 valence electrons. The van der Waals surface area contributed by atoms with E-state index in [1.165, 1.54) is 31.6 Å². The van der Waals surface area contributed by atoms with Crippen molar-refractivity contribution in [2.45, 2.75) is 26.4 Å². The molecule has 1 atom stereocenters. The van der Waals surface area contributed by atoms with Gasteiger partial charge in [0.2, 0.25) is 0 Å². The Labute approximate surface area is 116 Å². The van der Waals surface area contributed by atoms with E-state index in [1.807, 2.05) is 10.6 Å². The van der Waals surface area contributed by atoms with E-state index in [-0.39, 0.29) is 0 Å². The first-order chi connectivity index (χ1) is 9.12. The Bertz CT molecular complexity index is 455. The van der Waals surface area contributed by atoms with E-state index in [0.29, 0.717) is 0 Å². The average Bonchev–Trinajstić information content (AvgIpc) is 2.95. The molecule has 0 radical (unpaired) electrons. The molecule has 2 heterocycles. The highest BCUT2D eigenvalue weighted by molar-refractivity contribution is 5.28. The lowest BCUT2D eigenvalue weighted by Crippen LogP contribution is -2.25. The summed E-state index contributed by atoms with van der Waals surface area (Å²) in [5, 5.41) is 9.07. The second-order valence-corrected chi connectivity index (χ2v) is 5.78. The minimum Gasteiger partial charge on any atom is -0.339 e. The van der Waals surface area contributed by atoms with Gasteiger partial charge in [0.1, 0.15) is 11.8 Å².